The molecule has 0 spiro atoms. The molecule has 4 unspecified atom stereocenters. The first-order valence-electron chi connectivity index (χ1n) is 6.39. The maximum Gasteiger partial charge on any atom is 0.147 e. The topological polar surface area (TPSA) is 37.8 Å². The number of nitrogens with zero attached hydrogens (tertiary/aromatic N) is 2. The summed E-state index contributed by atoms with van der Waals surface area (Å²) < 4.78 is 0. The lowest BCUT2D eigenvalue weighted by atomic mass is 10.0. The van der Waals surface area contributed by atoms with Crippen LogP contribution in [0.5, 0.6) is 0 Å². The van der Waals surface area contributed by atoms with E-state index < -0.39 is 0 Å². The van der Waals surface area contributed by atoms with Gasteiger partial charge in [0.05, 0.1) is 5.69 Å². The number of aryl methyl sites for hydroxylation is 1. The van der Waals surface area contributed by atoms with Crippen LogP contribution in [0.2, 0.25) is 0 Å². The molecule has 0 aromatic carbocycles. The Morgan fingerprint density at radius 1 is 1.12 bits per heavy atom. The van der Waals surface area contributed by atoms with E-state index in [1.807, 2.05) is 6.92 Å². The van der Waals surface area contributed by atoms with E-state index >= 15 is 0 Å². The monoisotopic (exact) mass is 215 g/mol. The molecule has 84 valence electrons. The average Bonchev–Trinajstić information content (AvgIpc) is 2.71. The molecule has 3 fully saturated rings. The zero-order valence-electron chi connectivity index (χ0n) is 9.56. The number of fused-ring (bicyclic) bond motifs is 5. The number of hydrogen-bond donors (Lipinski definition) is 1. The predicted octanol–water partition coefficient (Wildman–Crippen LogP) is 2.24. The largest absolute Gasteiger partial charge is 0.365 e. The Bertz CT molecular complexity index is 415. The molecular weight excluding hydrogens is 198 g/mol. The summed E-state index contributed by atoms with van der Waals surface area (Å²) in [6.07, 6.45) is 8.00. The summed E-state index contributed by atoms with van der Waals surface area (Å²) in [6, 6.07) is 0.710. The summed E-state index contributed by atoms with van der Waals surface area (Å²) in [6.45, 7) is 2.03. The minimum atomic E-state index is 0.710. The van der Waals surface area contributed by atoms with Crippen molar-refractivity contribution in [3.8, 4) is 0 Å². The maximum absolute atomic E-state index is 4.38. The second-order valence-corrected chi connectivity index (χ2v) is 5.65. The van der Waals surface area contributed by atoms with E-state index in [4.69, 9.17) is 0 Å². The van der Waals surface area contributed by atoms with Gasteiger partial charge >= 0.3 is 0 Å². The van der Waals surface area contributed by atoms with Gasteiger partial charge in [0.15, 0.2) is 0 Å². The van der Waals surface area contributed by atoms with Crippen LogP contribution in [0.25, 0.3) is 0 Å². The van der Waals surface area contributed by atoms with Crippen LogP contribution in [0.1, 0.15) is 25.0 Å². The Morgan fingerprint density at radius 3 is 2.50 bits per heavy atom. The number of rotatable bonds is 2. The van der Waals surface area contributed by atoms with E-state index in [0.717, 1.165) is 35.2 Å². The van der Waals surface area contributed by atoms with Gasteiger partial charge in [-0.2, -0.15) is 0 Å². The molecule has 4 rings (SSSR count). The molecule has 0 radical (unpaired) electrons. The zero-order chi connectivity index (χ0) is 10.7. The summed E-state index contributed by atoms with van der Waals surface area (Å²) >= 11 is 0. The molecule has 1 aromatic heterocycles. The van der Waals surface area contributed by atoms with Crippen molar-refractivity contribution in [3.05, 3.63) is 18.1 Å². The Balaban J connectivity index is 1.53. The van der Waals surface area contributed by atoms with Gasteiger partial charge in [-0.3, -0.25) is 4.98 Å². The Hall–Kier alpha value is -1.12. The molecule has 0 amide bonds. The van der Waals surface area contributed by atoms with Crippen molar-refractivity contribution in [1.82, 2.24) is 9.97 Å². The van der Waals surface area contributed by atoms with Crippen LogP contribution in [0.3, 0.4) is 0 Å². The quantitative estimate of drug-likeness (QED) is 0.822. The second kappa shape index (κ2) is 2.96. The van der Waals surface area contributed by atoms with Crippen LogP contribution in [0.4, 0.5) is 5.82 Å². The highest BCUT2D eigenvalue weighted by atomic mass is 15.1. The van der Waals surface area contributed by atoms with Crippen LogP contribution >= 0.6 is 0 Å². The molecule has 16 heavy (non-hydrogen) atoms. The molecule has 3 aliphatic rings. The van der Waals surface area contributed by atoms with Gasteiger partial charge in [0.1, 0.15) is 5.82 Å². The fourth-order valence-corrected chi connectivity index (χ4v) is 4.23. The van der Waals surface area contributed by atoms with Crippen molar-refractivity contribution in [2.45, 2.75) is 32.2 Å². The molecule has 3 heteroatoms. The lowest BCUT2D eigenvalue weighted by Gasteiger charge is -2.11. The molecule has 0 saturated heterocycles. The number of anilines is 1. The fourth-order valence-electron chi connectivity index (χ4n) is 4.23. The van der Waals surface area contributed by atoms with E-state index in [1.54, 1.807) is 12.4 Å². The number of nitrogens with one attached hydrogen (secondary N) is 1. The van der Waals surface area contributed by atoms with Crippen molar-refractivity contribution in [3.63, 3.8) is 0 Å². The maximum atomic E-state index is 4.38. The summed E-state index contributed by atoms with van der Waals surface area (Å²) in [5, 5.41) is 3.61. The highest BCUT2D eigenvalue weighted by molar-refractivity contribution is 5.43. The van der Waals surface area contributed by atoms with Gasteiger partial charge in [0.25, 0.3) is 0 Å². The SMILES string of the molecule is Cc1nccnc1NC1C2C3CCC(C3)C12. The summed E-state index contributed by atoms with van der Waals surface area (Å²) in [5.41, 5.74) is 1.03. The lowest BCUT2D eigenvalue weighted by molar-refractivity contribution is 0.456. The molecular formula is C13H17N3. The van der Waals surface area contributed by atoms with Crippen molar-refractivity contribution in [2.24, 2.45) is 23.7 Å². The van der Waals surface area contributed by atoms with E-state index in [-0.39, 0.29) is 0 Å². The summed E-state index contributed by atoms with van der Waals surface area (Å²) in [5.74, 6) is 4.95. The highest BCUT2D eigenvalue weighted by Gasteiger charge is 2.65. The van der Waals surface area contributed by atoms with Crippen molar-refractivity contribution in [2.75, 3.05) is 5.32 Å². The first-order chi connectivity index (χ1) is 7.84. The van der Waals surface area contributed by atoms with Crippen LogP contribution in [0, 0.1) is 30.6 Å². The summed E-state index contributed by atoms with van der Waals surface area (Å²) in [4.78, 5) is 8.67. The zero-order valence-corrected chi connectivity index (χ0v) is 9.56. The van der Waals surface area contributed by atoms with E-state index in [9.17, 15) is 0 Å². The molecule has 3 nitrogen and oxygen atoms in total. The van der Waals surface area contributed by atoms with E-state index in [1.165, 1.54) is 19.3 Å². The van der Waals surface area contributed by atoms with Gasteiger partial charge in [-0.1, -0.05) is 0 Å². The fraction of sp³-hybridized carbons (Fsp3) is 0.692. The first-order valence-corrected chi connectivity index (χ1v) is 6.39. The molecule has 2 bridgehead atoms. The molecule has 1 N–H and O–H groups in total. The normalized spacial score (nSPS) is 43.2. The smallest absolute Gasteiger partial charge is 0.147 e. The first kappa shape index (κ1) is 8.97. The van der Waals surface area contributed by atoms with Crippen LogP contribution in [0.15, 0.2) is 12.4 Å². The van der Waals surface area contributed by atoms with Gasteiger partial charge in [-0.25, -0.2) is 4.98 Å². The van der Waals surface area contributed by atoms with Crippen molar-refractivity contribution in [1.29, 1.82) is 0 Å². The standard InChI is InChI=1S/C13H17N3/c1-7-13(15-5-4-14-7)16-12-10-8-2-3-9(6-8)11(10)12/h4-5,8-12H,2-3,6H2,1H3,(H,15,16). The predicted molar refractivity (Wildman–Crippen MR) is 62.0 cm³/mol. The van der Waals surface area contributed by atoms with E-state index in [0.29, 0.717) is 6.04 Å². The molecule has 1 aromatic rings. The minimum absolute atomic E-state index is 0.710. The Labute approximate surface area is 95.7 Å². The van der Waals surface area contributed by atoms with Gasteiger partial charge in [0, 0.05) is 18.4 Å². The van der Waals surface area contributed by atoms with Crippen LogP contribution < -0.4 is 5.32 Å². The second-order valence-electron chi connectivity index (χ2n) is 5.65. The van der Waals surface area contributed by atoms with Gasteiger partial charge in [0.2, 0.25) is 0 Å². The average molecular weight is 215 g/mol. The third-order valence-electron chi connectivity index (χ3n) is 4.92. The van der Waals surface area contributed by atoms with Crippen molar-refractivity contribution < 1.29 is 0 Å². The Kier molecular flexibility index (Phi) is 1.66. The minimum Gasteiger partial charge on any atom is -0.365 e. The third kappa shape index (κ3) is 1.09. The Morgan fingerprint density at radius 2 is 1.81 bits per heavy atom. The third-order valence-corrected chi connectivity index (χ3v) is 4.92. The highest BCUT2D eigenvalue weighted by Crippen LogP contribution is 2.66. The van der Waals surface area contributed by atoms with Crippen molar-refractivity contribution >= 4 is 5.82 Å². The van der Waals surface area contributed by atoms with Crippen LogP contribution in [-0.4, -0.2) is 16.0 Å². The number of hydrogen-bond acceptors (Lipinski definition) is 3. The van der Waals surface area contributed by atoms with Crippen LogP contribution in [-0.2, 0) is 0 Å². The molecule has 3 aliphatic carbocycles. The molecule has 0 aliphatic heterocycles. The lowest BCUT2D eigenvalue weighted by Crippen LogP contribution is -2.14. The summed E-state index contributed by atoms with van der Waals surface area (Å²) in [7, 11) is 0. The van der Waals surface area contributed by atoms with Gasteiger partial charge in [-0.05, 0) is 49.9 Å². The molecule has 4 atom stereocenters. The van der Waals surface area contributed by atoms with E-state index in [2.05, 4.69) is 15.3 Å². The van der Waals surface area contributed by atoms with Gasteiger partial charge < -0.3 is 5.32 Å². The molecule has 1 heterocycles. The molecule has 3 saturated carbocycles. The number of aromatic nitrogens is 2. The van der Waals surface area contributed by atoms with Gasteiger partial charge in [-0.15, -0.1) is 0 Å².